The summed E-state index contributed by atoms with van der Waals surface area (Å²) < 4.78 is 9.99. The normalized spacial score (nSPS) is 15.9. The van der Waals surface area contributed by atoms with E-state index in [0.29, 0.717) is 6.61 Å². The molecular formula is C7H13ClO2. The number of hydrogen-bond acceptors (Lipinski definition) is 2. The van der Waals surface area contributed by atoms with E-state index in [1.165, 1.54) is 6.26 Å². The second kappa shape index (κ2) is 5.57. The molecule has 3 heteroatoms. The van der Waals surface area contributed by atoms with Gasteiger partial charge in [0.05, 0.1) is 18.2 Å². The molecule has 0 N–H and O–H groups in total. The monoisotopic (exact) mass is 164 g/mol. The molecule has 0 radical (unpaired) electrons. The van der Waals surface area contributed by atoms with Gasteiger partial charge in [0.2, 0.25) is 0 Å². The van der Waals surface area contributed by atoms with E-state index in [0.717, 1.165) is 0 Å². The average Bonchev–Trinajstić information content (AvgIpc) is 1.85. The van der Waals surface area contributed by atoms with Crippen LogP contribution in [0.4, 0.5) is 0 Å². The summed E-state index contributed by atoms with van der Waals surface area (Å²) in [4.78, 5) is 0. The fourth-order valence-electron chi connectivity index (χ4n) is 0.443. The second-order valence-electron chi connectivity index (χ2n) is 1.98. The van der Waals surface area contributed by atoms with Gasteiger partial charge in [-0.1, -0.05) is 6.58 Å². The Kier molecular flexibility index (Phi) is 5.45. The molecule has 0 aromatic heterocycles. The SMILES string of the molecule is C=COC(C)OCC(C)Cl. The van der Waals surface area contributed by atoms with Gasteiger partial charge in [-0.05, 0) is 13.8 Å². The highest BCUT2D eigenvalue weighted by atomic mass is 35.5. The smallest absolute Gasteiger partial charge is 0.196 e. The van der Waals surface area contributed by atoms with Crippen LogP contribution >= 0.6 is 11.6 Å². The van der Waals surface area contributed by atoms with Crippen LogP contribution in [0.2, 0.25) is 0 Å². The Morgan fingerprint density at radius 1 is 1.60 bits per heavy atom. The molecule has 0 saturated carbocycles. The maximum Gasteiger partial charge on any atom is 0.196 e. The maximum atomic E-state index is 5.62. The lowest BCUT2D eigenvalue weighted by atomic mass is 10.5. The molecule has 0 saturated heterocycles. The predicted molar refractivity (Wildman–Crippen MR) is 42.0 cm³/mol. The molecule has 0 rings (SSSR count). The lowest BCUT2D eigenvalue weighted by Gasteiger charge is -2.12. The number of hydrogen-bond donors (Lipinski definition) is 0. The number of alkyl halides is 1. The Labute approximate surface area is 66.8 Å². The summed E-state index contributed by atoms with van der Waals surface area (Å²) >= 11 is 5.62. The van der Waals surface area contributed by atoms with Gasteiger partial charge in [0.25, 0.3) is 0 Å². The molecule has 0 aliphatic rings. The highest BCUT2D eigenvalue weighted by Crippen LogP contribution is 1.99. The van der Waals surface area contributed by atoms with Gasteiger partial charge in [-0.15, -0.1) is 11.6 Å². The van der Waals surface area contributed by atoms with Crippen molar-refractivity contribution in [2.24, 2.45) is 0 Å². The second-order valence-corrected chi connectivity index (χ2v) is 2.73. The van der Waals surface area contributed by atoms with Crippen molar-refractivity contribution in [1.29, 1.82) is 0 Å². The van der Waals surface area contributed by atoms with E-state index in [9.17, 15) is 0 Å². The Morgan fingerprint density at radius 3 is 2.60 bits per heavy atom. The topological polar surface area (TPSA) is 18.5 Å². The summed E-state index contributed by atoms with van der Waals surface area (Å²) in [6, 6.07) is 0. The van der Waals surface area contributed by atoms with Crippen molar-refractivity contribution < 1.29 is 9.47 Å². The highest BCUT2D eigenvalue weighted by molar-refractivity contribution is 6.20. The van der Waals surface area contributed by atoms with E-state index in [4.69, 9.17) is 21.1 Å². The maximum absolute atomic E-state index is 5.62. The molecule has 60 valence electrons. The summed E-state index contributed by atoms with van der Waals surface area (Å²) in [5, 5.41) is 0.0239. The van der Waals surface area contributed by atoms with Gasteiger partial charge >= 0.3 is 0 Å². The van der Waals surface area contributed by atoms with E-state index >= 15 is 0 Å². The standard InChI is InChI=1S/C7H13ClO2/c1-4-9-7(3)10-5-6(2)8/h4,6-7H,1,5H2,2-3H3. The molecule has 0 spiro atoms. The number of halogens is 1. The fourth-order valence-corrected chi connectivity index (χ4v) is 0.516. The number of rotatable bonds is 5. The summed E-state index contributed by atoms with van der Waals surface area (Å²) in [6.45, 7) is 7.55. The first kappa shape index (κ1) is 9.79. The van der Waals surface area contributed by atoms with E-state index in [1.807, 2.05) is 6.92 Å². The zero-order chi connectivity index (χ0) is 7.98. The highest BCUT2D eigenvalue weighted by Gasteiger charge is 2.01. The van der Waals surface area contributed by atoms with Crippen molar-refractivity contribution in [2.45, 2.75) is 25.5 Å². The summed E-state index contributed by atoms with van der Waals surface area (Å²) in [5.41, 5.74) is 0. The fraction of sp³-hybridized carbons (Fsp3) is 0.714. The van der Waals surface area contributed by atoms with Gasteiger partial charge in [-0.3, -0.25) is 0 Å². The van der Waals surface area contributed by atoms with Crippen molar-refractivity contribution in [3.8, 4) is 0 Å². The summed E-state index contributed by atoms with van der Waals surface area (Å²) in [6.07, 6.45) is 1.10. The first-order valence-electron chi connectivity index (χ1n) is 3.19. The first-order chi connectivity index (χ1) is 4.66. The molecule has 2 unspecified atom stereocenters. The van der Waals surface area contributed by atoms with Gasteiger partial charge in [-0.2, -0.15) is 0 Å². The van der Waals surface area contributed by atoms with Crippen molar-refractivity contribution in [2.75, 3.05) is 6.61 Å². The minimum absolute atomic E-state index is 0.0239. The minimum atomic E-state index is -0.251. The molecule has 0 aromatic carbocycles. The Morgan fingerprint density at radius 2 is 2.20 bits per heavy atom. The Bertz CT molecular complexity index is 93.6. The summed E-state index contributed by atoms with van der Waals surface area (Å²) in [5.74, 6) is 0. The lowest BCUT2D eigenvalue weighted by molar-refractivity contribution is -0.0913. The molecule has 0 aliphatic heterocycles. The number of ether oxygens (including phenoxy) is 2. The van der Waals surface area contributed by atoms with Crippen LogP contribution in [0.5, 0.6) is 0 Å². The summed E-state index contributed by atoms with van der Waals surface area (Å²) in [7, 11) is 0. The lowest BCUT2D eigenvalue weighted by Crippen LogP contribution is -2.14. The molecular weight excluding hydrogens is 152 g/mol. The van der Waals surface area contributed by atoms with Crippen LogP contribution < -0.4 is 0 Å². The third-order valence-electron chi connectivity index (χ3n) is 0.848. The van der Waals surface area contributed by atoms with Crippen LogP contribution in [0.1, 0.15) is 13.8 Å². The van der Waals surface area contributed by atoms with Crippen LogP contribution in [-0.2, 0) is 9.47 Å². The van der Waals surface area contributed by atoms with Gasteiger partial charge in [0.15, 0.2) is 6.29 Å². The first-order valence-corrected chi connectivity index (χ1v) is 3.62. The molecule has 2 atom stereocenters. The van der Waals surface area contributed by atoms with E-state index in [-0.39, 0.29) is 11.7 Å². The van der Waals surface area contributed by atoms with Gasteiger partial charge in [0.1, 0.15) is 0 Å². The van der Waals surface area contributed by atoms with Crippen molar-refractivity contribution in [1.82, 2.24) is 0 Å². The van der Waals surface area contributed by atoms with Crippen molar-refractivity contribution in [3.63, 3.8) is 0 Å². The zero-order valence-electron chi connectivity index (χ0n) is 6.34. The third kappa shape index (κ3) is 5.92. The van der Waals surface area contributed by atoms with Gasteiger partial charge < -0.3 is 9.47 Å². The van der Waals surface area contributed by atoms with Crippen molar-refractivity contribution in [3.05, 3.63) is 12.8 Å². The molecule has 10 heavy (non-hydrogen) atoms. The van der Waals surface area contributed by atoms with Crippen LogP contribution in [0.25, 0.3) is 0 Å². The average molecular weight is 165 g/mol. The van der Waals surface area contributed by atoms with Crippen LogP contribution in [0, 0.1) is 0 Å². The van der Waals surface area contributed by atoms with E-state index in [1.54, 1.807) is 6.92 Å². The third-order valence-corrected chi connectivity index (χ3v) is 0.974. The Hall–Kier alpha value is -0.210. The molecule has 0 heterocycles. The van der Waals surface area contributed by atoms with E-state index in [2.05, 4.69) is 6.58 Å². The molecule has 2 nitrogen and oxygen atoms in total. The van der Waals surface area contributed by atoms with Crippen molar-refractivity contribution >= 4 is 11.6 Å². The Balaban J connectivity index is 3.20. The largest absolute Gasteiger partial charge is 0.473 e. The molecule has 0 amide bonds. The molecule has 0 bridgehead atoms. The van der Waals surface area contributed by atoms with Gasteiger partial charge in [0, 0.05) is 0 Å². The predicted octanol–water partition coefficient (Wildman–Crippen LogP) is 2.14. The molecule has 0 aliphatic carbocycles. The van der Waals surface area contributed by atoms with Crippen LogP contribution in [-0.4, -0.2) is 18.3 Å². The van der Waals surface area contributed by atoms with Crippen LogP contribution in [0.3, 0.4) is 0 Å². The quantitative estimate of drug-likeness (QED) is 0.352. The zero-order valence-corrected chi connectivity index (χ0v) is 7.10. The van der Waals surface area contributed by atoms with E-state index < -0.39 is 0 Å². The van der Waals surface area contributed by atoms with Crippen LogP contribution in [0.15, 0.2) is 12.8 Å². The molecule has 0 fully saturated rings. The van der Waals surface area contributed by atoms with Gasteiger partial charge in [-0.25, -0.2) is 0 Å². The molecule has 0 aromatic rings. The minimum Gasteiger partial charge on any atom is -0.473 e.